The van der Waals surface area contributed by atoms with Crippen molar-refractivity contribution in [1.29, 1.82) is 0 Å². The maximum atomic E-state index is 4.61. The summed E-state index contributed by atoms with van der Waals surface area (Å²) in [6, 6.07) is 0. The number of allylic oxidation sites excluding steroid dienone is 2. The number of nitrogens with zero attached hydrogens (tertiary/aromatic N) is 1. The second-order valence-electron chi connectivity index (χ2n) is 5.26. The third-order valence-electron chi connectivity index (χ3n) is 2.77. The van der Waals surface area contributed by atoms with Crippen molar-refractivity contribution in [3.8, 4) is 0 Å². The molecule has 0 rings (SSSR count). The van der Waals surface area contributed by atoms with E-state index in [4.69, 9.17) is 0 Å². The number of hydrogen-bond acceptors (Lipinski definition) is 0. The third-order valence-corrected chi connectivity index (χ3v) is 2.77. The summed E-state index contributed by atoms with van der Waals surface area (Å²) < 4.78 is 0. The topological polar surface area (TPSA) is 14.1 Å². The van der Waals surface area contributed by atoms with Crippen LogP contribution in [0.15, 0.2) is 24.4 Å². The van der Waals surface area contributed by atoms with Gasteiger partial charge in [-0.2, -0.15) is 0 Å². The summed E-state index contributed by atoms with van der Waals surface area (Å²) >= 11 is 0. The molecule has 0 bridgehead atoms. The van der Waals surface area contributed by atoms with Gasteiger partial charge in [-0.15, -0.1) is 0 Å². The SMILES string of the molecule is CCC=CCC(C)(C)[N]C=CCCCCCC. The van der Waals surface area contributed by atoms with Gasteiger partial charge in [0.1, 0.15) is 0 Å². The first kappa shape index (κ1) is 16.3. The van der Waals surface area contributed by atoms with Crippen molar-refractivity contribution < 1.29 is 0 Å². The van der Waals surface area contributed by atoms with E-state index in [0.29, 0.717) is 0 Å². The van der Waals surface area contributed by atoms with E-state index < -0.39 is 0 Å². The zero-order valence-electron chi connectivity index (χ0n) is 12.2. The van der Waals surface area contributed by atoms with E-state index >= 15 is 0 Å². The average molecular weight is 236 g/mol. The van der Waals surface area contributed by atoms with Crippen LogP contribution in [-0.4, -0.2) is 5.54 Å². The van der Waals surface area contributed by atoms with Crippen LogP contribution in [0.3, 0.4) is 0 Å². The molecular formula is C16H30N. The summed E-state index contributed by atoms with van der Waals surface area (Å²) in [5.74, 6) is 0. The normalized spacial score (nSPS) is 12.7. The molecule has 0 aromatic heterocycles. The monoisotopic (exact) mass is 236 g/mol. The highest BCUT2D eigenvalue weighted by atomic mass is 14.9. The Bertz CT molecular complexity index is 214. The molecule has 0 unspecified atom stereocenters. The molecule has 0 aliphatic rings. The number of unbranched alkanes of at least 4 members (excludes halogenated alkanes) is 4. The van der Waals surface area contributed by atoms with Gasteiger partial charge in [-0.25, -0.2) is 0 Å². The second-order valence-corrected chi connectivity index (χ2v) is 5.26. The summed E-state index contributed by atoms with van der Waals surface area (Å²) in [6.07, 6.45) is 17.3. The van der Waals surface area contributed by atoms with Crippen molar-refractivity contribution in [3.05, 3.63) is 24.4 Å². The van der Waals surface area contributed by atoms with E-state index in [1.807, 2.05) is 6.20 Å². The summed E-state index contributed by atoms with van der Waals surface area (Å²) in [7, 11) is 0. The van der Waals surface area contributed by atoms with Gasteiger partial charge in [0.25, 0.3) is 0 Å². The van der Waals surface area contributed by atoms with E-state index in [1.165, 1.54) is 32.1 Å². The van der Waals surface area contributed by atoms with Crippen molar-refractivity contribution >= 4 is 0 Å². The van der Waals surface area contributed by atoms with E-state index in [9.17, 15) is 0 Å². The van der Waals surface area contributed by atoms with Gasteiger partial charge in [-0.05, 0) is 39.5 Å². The van der Waals surface area contributed by atoms with Gasteiger partial charge in [0.05, 0.1) is 5.54 Å². The maximum absolute atomic E-state index is 4.61. The van der Waals surface area contributed by atoms with Gasteiger partial charge in [0, 0.05) is 6.20 Å². The minimum atomic E-state index is 0.0472. The fourth-order valence-corrected chi connectivity index (χ4v) is 1.61. The lowest BCUT2D eigenvalue weighted by molar-refractivity contribution is 0.439. The molecule has 0 aliphatic heterocycles. The molecule has 1 heteroatoms. The molecule has 99 valence electrons. The van der Waals surface area contributed by atoms with E-state index in [0.717, 1.165) is 12.8 Å². The van der Waals surface area contributed by atoms with Gasteiger partial charge in [0.15, 0.2) is 0 Å². The van der Waals surface area contributed by atoms with Gasteiger partial charge in [0.2, 0.25) is 0 Å². The van der Waals surface area contributed by atoms with Crippen molar-refractivity contribution in [2.24, 2.45) is 0 Å². The quantitative estimate of drug-likeness (QED) is 0.365. The van der Waals surface area contributed by atoms with E-state index in [2.05, 4.69) is 51.2 Å². The Labute approximate surface area is 108 Å². The predicted molar refractivity (Wildman–Crippen MR) is 78.2 cm³/mol. The van der Waals surface area contributed by atoms with Gasteiger partial charge in [-0.1, -0.05) is 51.3 Å². The van der Waals surface area contributed by atoms with Crippen molar-refractivity contribution in [2.75, 3.05) is 0 Å². The minimum Gasteiger partial charge on any atom is -0.287 e. The van der Waals surface area contributed by atoms with Gasteiger partial charge in [-0.3, -0.25) is 5.32 Å². The van der Waals surface area contributed by atoms with Crippen molar-refractivity contribution in [3.63, 3.8) is 0 Å². The molecule has 17 heavy (non-hydrogen) atoms. The molecule has 0 saturated carbocycles. The van der Waals surface area contributed by atoms with Gasteiger partial charge < -0.3 is 0 Å². The van der Waals surface area contributed by atoms with Gasteiger partial charge >= 0.3 is 0 Å². The average Bonchev–Trinajstić information content (AvgIpc) is 2.28. The Kier molecular flexibility index (Phi) is 9.99. The van der Waals surface area contributed by atoms with Crippen LogP contribution >= 0.6 is 0 Å². The molecule has 0 spiro atoms. The highest BCUT2D eigenvalue weighted by Gasteiger charge is 2.14. The first-order valence-electron chi connectivity index (χ1n) is 7.14. The first-order chi connectivity index (χ1) is 8.12. The number of hydrogen-bond donors (Lipinski definition) is 0. The van der Waals surface area contributed by atoms with Crippen molar-refractivity contribution in [2.45, 2.75) is 78.2 Å². The summed E-state index contributed by atoms with van der Waals surface area (Å²) in [5.41, 5.74) is 0.0472. The molecule has 0 aliphatic carbocycles. The lowest BCUT2D eigenvalue weighted by atomic mass is 10.0. The van der Waals surface area contributed by atoms with Crippen LogP contribution in [0.25, 0.3) is 0 Å². The summed E-state index contributed by atoms with van der Waals surface area (Å²) in [6.45, 7) is 8.79. The molecular weight excluding hydrogens is 206 g/mol. The zero-order chi connectivity index (χ0) is 13.0. The number of rotatable bonds is 10. The Balaban J connectivity index is 3.62. The first-order valence-corrected chi connectivity index (χ1v) is 7.14. The molecule has 0 amide bonds. The minimum absolute atomic E-state index is 0.0472. The summed E-state index contributed by atoms with van der Waals surface area (Å²) in [4.78, 5) is 0. The molecule has 0 aromatic rings. The molecule has 1 radical (unpaired) electrons. The highest BCUT2D eigenvalue weighted by Crippen LogP contribution is 2.11. The van der Waals surface area contributed by atoms with Crippen LogP contribution in [0.5, 0.6) is 0 Å². The molecule has 0 atom stereocenters. The largest absolute Gasteiger partial charge is 0.287 e. The van der Waals surface area contributed by atoms with E-state index in [1.54, 1.807) is 0 Å². The second kappa shape index (κ2) is 10.4. The Hall–Kier alpha value is -0.720. The fraction of sp³-hybridized carbons (Fsp3) is 0.750. The lowest BCUT2D eigenvalue weighted by Gasteiger charge is -2.20. The standard InChI is InChI=1S/C16H30N/c1-5-7-9-10-11-13-15-17-16(3,4)14-12-8-6-2/h8,12-13,15H,5-7,9-11,14H2,1-4H3. The fourth-order valence-electron chi connectivity index (χ4n) is 1.61. The highest BCUT2D eigenvalue weighted by molar-refractivity contribution is 4.94. The van der Waals surface area contributed by atoms with Crippen LogP contribution in [0.2, 0.25) is 0 Å². The molecule has 0 N–H and O–H groups in total. The maximum Gasteiger partial charge on any atom is 0.0586 e. The van der Waals surface area contributed by atoms with Crippen LogP contribution in [0.4, 0.5) is 0 Å². The molecule has 0 saturated heterocycles. The lowest BCUT2D eigenvalue weighted by Crippen LogP contribution is -2.28. The summed E-state index contributed by atoms with van der Waals surface area (Å²) in [5, 5.41) is 4.61. The Morgan fingerprint density at radius 3 is 2.35 bits per heavy atom. The third kappa shape index (κ3) is 11.5. The Morgan fingerprint density at radius 2 is 1.71 bits per heavy atom. The predicted octanol–water partition coefficient (Wildman–Crippen LogP) is 5.21. The van der Waals surface area contributed by atoms with Crippen LogP contribution in [0, 0.1) is 0 Å². The van der Waals surface area contributed by atoms with E-state index in [-0.39, 0.29) is 5.54 Å². The van der Waals surface area contributed by atoms with Crippen molar-refractivity contribution in [1.82, 2.24) is 5.32 Å². The molecule has 0 aromatic carbocycles. The smallest absolute Gasteiger partial charge is 0.0586 e. The van der Waals surface area contributed by atoms with Crippen LogP contribution < -0.4 is 5.32 Å². The van der Waals surface area contributed by atoms with Crippen LogP contribution in [-0.2, 0) is 0 Å². The zero-order valence-corrected chi connectivity index (χ0v) is 12.2. The Morgan fingerprint density at radius 1 is 0.941 bits per heavy atom. The molecule has 0 fully saturated rings. The van der Waals surface area contributed by atoms with Crippen LogP contribution in [0.1, 0.15) is 72.6 Å². The molecule has 0 heterocycles. The molecule has 1 nitrogen and oxygen atoms in total.